The number of aliphatic hydroxyl groups is 1. The van der Waals surface area contributed by atoms with E-state index in [-0.39, 0.29) is 6.61 Å². The predicted octanol–water partition coefficient (Wildman–Crippen LogP) is 1.35. The molecule has 0 radical (unpaired) electrons. The van der Waals surface area contributed by atoms with E-state index in [2.05, 4.69) is 21.2 Å². The Morgan fingerprint density at radius 2 is 2.39 bits per heavy atom. The van der Waals surface area contributed by atoms with Gasteiger partial charge in [-0.3, -0.25) is 5.10 Å². The zero-order chi connectivity index (χ0) is 12.5. The summed E-state index contributed by atoms with van der Waals surface area (Å²) in [5.41, 5.74) is 8.95. The average Bonchev–Trinajstić information content (AvgIpc) is 2.85. The minimum Gasteiger partial charge on any atom is -0.397 e. The zero-order valence-corrected chi connectivity index (χ0v) is 10.3. The molecule has 2 heterocycles. The number of benzene rings is 1. The highest BCUT2D eigenvalue weighted by molar-refractivity contribution is 5.88. The molecule has 1 unspecified atom stereocenters. The van der Waals surface area contributed by atoms with Gasteiger partial charge in [0.25, 0.3) is 0 Å². The van der Waals surface area contributed by atoms with Crippen LogP contribution < -0.4 is 10.6 Å². The number of rotatable bonds is 2. The van der Waals surface area contributed by atoms with Gasteiger partial charge in [0.2, 0.25) is 0 Å². The van der Waals surface area contributed by atoms with Gasteiger partial charge in [0.1, 0.15) is 0 Å². The normalized spacial score (nSPS) is 20.5. The van der Waals surface area contributed by atoms with Crippen LogP contribution >= 0.6 is 0 Å². The molecule has 1 aromatic carbocycles. The smallest absolute Gasteiger partial charge is 0.0672 e. The largest absolute Gasteiger partial charge is 0.397 e. The topological polar surface area (TPSA) is 78.2 Å². The molecule has 1 saturated heterocycles. The third kappa shape index (κ3) is 1.90. The number of nitrogen functional groups attached to an aromatic ring is 1. The fourth-order valence-electron chi connectivity index (χ4n) is 2.70. The Morgan fingerprint density at radius 1 is 1.50 bits per heavy atom. The standard InChI is InChI=1S/C13H18N4O/c14-11-4-10-6-15-16-12(10)5-13(11)17-3-1-2-9(7-17)8-18/h4-6,9,18H,1-3,7-8,14H2,(H,15,16). The third-order valence-electron chi connectivity index (χ3n) is 3.71. The summed E-state index contributed by atoms with van der Waals surface area (Å²) in [4.78, 5) is 2.26. The third-order valence-corrected chi connectivity index (χ3v) is 3.71. The molecule has 4 N–H and O–H groups in total. The molecule has 1 aliphatic heterocycles. The molecule has 3 rings (SSSR count). The van der Waals surface area contributed by atoms with Crippen LogP contribution in [-0.2, 0) is 0 Å². The lowest BCUT2D eigenvalue weighted by Crippen LogP contribution is -2.37. The van der Waals surface area contributed by atoms with E-state index in [1.54, 1.807) is 6.20 Å². The van der Waals surface area contributed by atoms with Crippen LogP contribution in [0.2, 0.25) is 0 Å². The first-order valence-electron chi connectivity index (χ1n) is 6.36. The van der Waals surface area contributed by atoms with Gasteiger partial charge in [-0.05, 0) is 30.9 Å². The van der Waals surface area contributed by atoms with Gasteiger partial charge in [0.05, 0.1) is 23.1 Å². The molecule has 5 heteroatoms. The van der Waals surface area contributed by atoms with E-state index in [1.165, 1.54) is 0 Å². The van der Waals surface area contributed by atoms with Crippen molar-refractivity contribution in [3.05, 3.63) is 18.3 Å². The lowest BCUT2D eigenvalue weighted by atomic mass is 9.98. The van der Waals surface area contributed by atoms with Crippen LogP contribution in [0.15, 0.2) is 18.3 Å². The van der Waals surface area contributed by atoms with Crippen molar-refractivity contribution in [3.8, 4) is 0 Å². The summed E-state index contributed by atoms with van der Waals surface area (Å²) in [6, 6.07) is 4.01. The van der Waals surface area contributed by atoms with Crippen molar-refractivity contribution in [2.24, 2.45) is 5.92 Å². The minimum atomic E-state index is 0.253. The molecule has 5 nitrogen and oxygen atoms in total. The van der Waals surface area contributed by atoms with Gasteiger partial charge in [-0.15, -0.1) is 0 Å². The first kappa shape index (κ1) is 11.3. The Morgan fingerprint density at radius 3 is 3.22 bits per heavy atom. The number of fused-ring (bicyclic) bond motifs is 1. The number of nitrogens with two attached hydrogens (primary N) is 1. The van der Waals surface area contributed by atoms with E-state index in [0.29, 0.717) is 5.92 Å². The highest BCUT2D eigenvalue weighted by Crippen LogP contribution is 2.31. The van der Waals surface area contributed by atoms with Crippen molar-refractivity contribution < 1.29 is 5.11 Å². The van der Waals surface area contributed by atoms with Crippen LogP contribution in [0.5, 0.6) is 0 Å². The number of piperidine rings is 1. The summed E-state index contributed by atoms with van der Waals surface area (Å²) in [7, 11) is 0. The molecule has 1 fully saturated rings. The Bertz CT molecular complexity index is 551. The molecule has 0 aliphatic carbocycles. The highest BCUT2D eigenvalue weighted by Gasteiger charge is 2.21. The Kier molecular flexibility index (Phi) is 2.83. The first-order valence-corrected chi connectivity index (χ1v) is 6.36. The summed E-state index contributed by atoms with van der Waals surface area (Å²) in [6.45, 7) is 2.13. The fourth-order valence-corrected chi connectivity index (χ4v) is 2.70. The molecule has 1 atom stereocenters. The Labute approximate surface area is 106 Å². The van der Waals surface area contributed by atoms with Crippen molar-refractivity contribution >= 4 is 22.3 Å². The van der Waals surface area contributed by atoms with Crippen LogP contribution in [0.25, 0.3) is 10.9 Å². The second kappa shape index (κ2) is 4.49. The van der Waals surface area contributed by atoms with Crippen LogP contribution in [-0.4, -0.2) is 35.0 Å². The molecule has 2 aromatic rings. The van der Waals surface area contributed by atoms with E-state index in [1.807, 2.05) is 6.07 Å². The molecule has 0 amide bonds. The second-order valence-electron chi connectivity index (χ2n) is 5.01. The lowest BCUT2D eigenvalue weighted by Gasteiger charge is -2.34. The Balaban J connectivity index is 1.94. The zero-order valence-electron chi connectivity index (χ0n) is 10.3. The number of aromatic nitrogens is 2. The number of aliphatic hydroxyl groups excluding tert-OH is 1. The molecular formula is C13H18N4O. The molecule has 0 bridgehead atoms. The van der Waals surface area contributed by atoms with Gasteiger partial charge in [-0.1, -0.05) is 0 Å². The summed E-state index contributed by atoms with van der Waals surface area (Å²) < 4.78 is 0. The maximum atomic E-state index is 9.29. The van der Waals surface area contributed by atoms with Crippen LogP contribution in [0, 0.1) is 5.92 Å². The number of H-pyrrole nitrogens is 1. The van der Waals surface area contributed by atoms with Crippen LogP contribution in [0.4, 0.5) is 11.4 Å². The predicted molar refractivity (Wildman–Crippen MR) is 72.5 cm³/mol. The lowest BCUT2D eigenvalue weighted by molar-refractivity contribution is 0.209. The molecule has 1 aliphatic rings. The summed E-state index contributed by atoms with van der Waals surface area (Å²) >= 11 is 0. The van der Waals surface area contributed by atoms with Crippen LogP contribution in [0.3, 0.4) is 0 Å². The number of nitrogens with one attached hydrogen (secondary N) is 1. The fraction of sp³-hybridized carbons (Fsp3) is 0.462. The van der Waals surface area contributed by atoms with Crippen molar-refractivity contribution in [2.75, 3.05) is 30.3 Å². The Hall–Kier alpha value is -1.75. The maximum absolute atomic E-state index is 9.29. The minimum absolute atomic E-state index is 0.253. The van der Waals surface area contributed by atoms with E-state index in [4.69, 9.17) is 5.73 Å². The van der Waals surface area contributed by atoms with Crippen molar-refractivity contribution in [3.63, 3.8) is 0 Å². The van der Waals surface area contributed by atoms with Gasteiger partial charge >= 0.3 is 0 Å². The number of hydrogen-bond acceptors (Lipinski definition) is 4. The SMILES string of the molecule is Nc1cc2cn[nH]c2cc1N1CCCC(CO)C1. The average molecular weight is 246 g/mol. The number of nitrogens with zero attached hydrogens (tertiary/aromatic N) is 2. The maximum Gasteiger partial charge on any atom is 0.0672 e. The van der Waals surface area contributed by atoms with Gasteiger partial charge in [0, 0.05) is 25.1 Å². The highest BCUT2D eigenvalue weighted by atomic mass is 16.3. The van der Waals surface area contributed by atoms with E-state index in [0.717, 1.165) is 48.2 Å². The number of hydrogen-bond donors (Lipinski definition) is 3. The quantitative estimate of drug-likeness (QED) is 0.699. The van der Waals surface area contributed by atoms with Crippen LogP contribution in [0.1, 0.15) is 12.8 Å². The second-order valence-corrected chi connectivity index (χ2v) is 5.01. The number of anilines is 2. The van der Waals surface area contributed by atoms with Gasteiger partial charge < -0.3 is 15.7 Å². The number of aromatic amines is 1. The molecule has 0 saturated carbocycles. The summed E-state index contributed by atoms with van der Waals surface area (Å²) in [5, 5.41) is 17.3. The van der Waals surface area contributed by atoms with E-state index >= 15 is 0 Å². The van der Waals surface area contributed by atoms with E-state index < -0.39 is 0 Å². The monoisotopic (exact) mass is 246 g/mol. The van der Waals surface area contributed by atoms with E-state index in [9.17, 15) is 5.11 Å². The van der Waals surface area contributed by atoms with Crippen molar-refractivity contribution in [1.82, 2.24) is 10.2 Å². The molecule has 18 heavy (non-hydrogen) atoms. The summed E-state index contributed by atoms with van der Waals surface area (Å²) in [6.07, 6.45) is 3.98. The van der Waals surface area contributed by atoms with Gasteiger partial charge in [-0.2, -0.15) is 5.10 Å². The van der Waals surface area contributed by atoms with Crippen molar-refractivity contribution in [1.29, 1.82) is 0 Å². The van der Waals surface area contributed by atoms with Gasteiger partial charge in [0.15, 0.2) is 0 Å². The molecule has 0 spiro atoms. The summed E-state index contributed by atoms with van der Waals surface area (Å²) in [5.74, 6) is 0.357. The molecule has 1 aromatic heterocycles. The molecular weight excluding hydrogens is 228 g/mol. The molecule has 96 valence electrons. The van der Waals surface area contributed by atoms with Crippen molar-refractivity contribution in [2.45, 2.75) is 12.8 Å². The van der Waals surface area contributed by atoms with Gasteiger partial charge in [-0.25, -0.2) is 0 Å². The first-order chi connectivity index (χ1) is 8.78.